The van der Waals surface area contributed by atoms with E-state index < -0.39 is 11.9 Å². The van der Waals surface area contributed by atoms with Gasteiger partial charge in [0.2, 0.25) is 0 Å². The first-order valence-corrected chi connectivity index (χ1v) is 2.52. The van der Waals surface area contributed by atoms with Crippen molar-refractivity contribution in [3.63, 3.8) is 0 Å². The van der Waals surface area contributed by atoms with Crippen molar-refractivity contribution in [1.82, 2.24) is 0 Å². The Kier molecular flexibility index (Phi) is 42.4. The maximum absolute atomic E-state index is 8.89. The van der Waals surface area contributed by atoms with Gasteiger partial charge in [-0.25, -0.2) is 0 Å². The summed E-state index contributed by atoms with van der Waals surface area (Å²) in [5, 5.41) is 17.8. The maximum Gasteiger partial charge on any atom is 3.00 e. The van der Waals surface area contributed by atoms with Gasteiger partial charge in [0, 0.05) is 11.9 Å². The van der Waals surface area contributed by atoms with E-state index in [1.165, 1.54) is 13.2 Å². The van der Waals surface area contributed by atoms with Crippen LogP contribution in [0.2, 0.25) is 0 Å². The van der Waals surface area contributed by atoms with Crippen LogP contribution in [0.15, 0.2) is 0 Å². The molecule has 0 unspecified atom stereocenters. The molecule has 0 saturated carbocycles. The van der Waals surface area contributed by atoms with Gasteiger partial charge in [-0.15, -0.1) is 0 Å². The van der Waals surface area contributed by atoms with Crippen molar-refractivity contribution in [2.75, 3.05) is 0 Å². The molecule has 0 aliphatic carbocycles. The first-order valence-electron chi connectivity index (χ1n) is 2.52. The molecule has 6 heteroatoms. The monoisotopic (exact) mass is 301 g/mol. The number of rotatable bonds is 0. The Bertz CT molecular complexity index is 103. The van der Waals surface area contributed by atoms with Gasteiger partial charge in [-0.2, -0.15) is 6.92 Å². The minimum absolute atomic E-state index is 0. The van der Waals surface area contributed by atoms with Crippen molar-refractivity contribution < 1.29 is 66.3 Å². The Morgan fingerprint density at radius 2 is 1.08 bits per heavy atom. The minimum atomic E-state index is -1.08. The Morgan fingerprint density at radius 1 is 1.08 bits per heavy atom. The number of carboxylic acid groups (broad SMARTS) is 2. The number of carbonyl (C=O) groups is 2. The normalized spacial score (nSPS) is 5.25. The van der Waals surface area contributed by atoms with Crippen LogP contribution < -0.4 is 10.2 Å². The molecule has 0 aliphatic heterocycles. The van der Waals surface area contributed by atoms with Gasteiger partial charge >= 0.3 is 41.7 Å². The molecule has 12 heavy (non-hydrogen) atoms. The van der Waals surface area contributed by atoms with E-state index in [1.54, 1.807) is 0 Å². The first kappa shape index (κ1) is 22.7. The number of aliphatic carboxylic acids is 2. The van der Waals surface area contributed by atoms with Gasteiger partial charge in [0.05, 0.1) is 0 Å². The van der Waals surface area contributed by atoms with Crippen LogP contribution >= 0.6 is 0 Å². The minimum Gasteiger partial charge on any atom is -0.550 e. The second-order valence-electron chi connectivity index (χ2n) is 1.19. The maximum atomic E-state index is 8.89. The van der Waals surface area contributed by atoms with Gasteiger partial charge in [0.25, 0.3) is 0 Å². The molecule has 67 valence electrons. The Hall–Kier alpha value is -0.0134. The second kappa shape index (κ2) is 22.4. The fourth-order valence-corrected chi connectivity index (χ4v) is 0. The molecule has 0 fully saturated rings. The summed E-state index contributed by atoms with van der Waals surface area (Å²) in [6, 6.07) is 0. The SMILES string of the molecule is CC(=O)[O-].CC(=O)[O-].C[C-]=O.[Ce+3]. The summed E-state index contributed by atoms with van der Waals surface area (Å²) in [6.07, 6.45) is 1.50. The third-order valence-electron chi connectivity index (χ3n) is 0. The van der Waals surface area contributed by atoms with Gasteiger partial charge in [0.15, 0.2) is 0 Å². The summed E-state index contributed by atoms with van der Waals surface area (Å²) in [5.74, 6) is -2.17. The fourth-order valence-electron chi connectivity index (χ4n) is 0. The largest absolute Gasteiger partial charge is 3.00 e. The average Bonchev–Trinajstić information content (AvgIpc) is 1.60. The number of hydrogen-bond donors (Lipinski definition) is 0. The molecule has 0 spiro atoms. The Labute approximate surface area is 105 Å². The smallest absolute Gasteiger partial charge is 0.550 e. The van der Waals surface area contributed by atoms with Gasteiger partial charge < -0.3 is 24.6 Å². The predicted molar refractivity (Wildman–Crippen MR) is 32.7 cm³/mol. The molecule has 0 aromatic heterocycles. The van der Waals surface area contributed by atoms with Crippen molar-refractivity contribution in [3.8, 4) is 0 Å². The Balaban J connectivity index is -0.0000000389. The first-order chi connectivity index (χ1) is 4.88. The van der Waals surface area contributed by atoms with E-state index in [0.717, 1.165) is 13.8 Å². The molecule has 0 aromatic rings. The number of carboxylic acids is 2. The van der Waals surface area contributed by atoms with Crippen LogP contribution in [-0.4, -0.2) is 18.2 Å². The van der Waals surface area contributed by atoms with Crippen LogP contribution in [0.4, 0.5) is 0 Å². The zero-order chi connectivity index (χ0) is 9.86. The molecule has 0 rings (SSSR count). The van der Waals surface area contributed by atoms with Gasteiger partial charge in [-0.05, 0) is 13.8 Å². The quantitative estimate of drug-likeness (QED) is 0.466. The van der Waals surface area contributed by atoms with Gasteiger partial charge in [0.1, 0.15) is 0 Å². The molecule has 0 atom stereocenters. The summed E-state index contributed by atoms with van der Waals surface area (Å²) in [6.45, 7) is 3.26. The van der Waals surface area contributed by atoms with Crippen molar-refractivity contribution in [2.45, 2.75) is 20.8 Å². The van der Waals surface area contributed by atoms with Crippen molar-refractivity contribution >= 4 is 18.2 Å². The van der Waals surface area contributed by atoms with Crippen LogP contribution in [0.1, 0.15) is 20.8 Å². The standard InChI is InChI=1S/2C2H4O2.C2H3O.Ce/c2*1-2(3)4;1-2-3;/h2*1H3,(H,3,4);1H3;/q;;-1;+3/p-2. The van der Waals surface area contributed by atoms with Crippen molar-refractivity contribution in [3.05, 3.63) is 0 Å². The predicted octanol–water partition coefficient (Wildman–Crippen LogP) is -2.37. The molecule has 1 radical (unpaired) electrons. The number of carbonyl (C=O) groups excluding carboxylic acids is 3. The molecule has 0 aromatic carbocycles. The van der Waals surface area contributed by atoms with E-state index in [2.05, 4.69) is 0 Å². The van der Waals surface area contributed by atoms with Gasteiger partial charge in [-0.1, -0.05) is 0 Å². The van der Waals surface area contributed by atoms with E-state index in [4.69, 9.17) is 24.6 Å². The van der Waals surface area contributed by atoms with E-state index >= 15 is 0 Å². The van der Waals surface area contributed by atoms with E-state index in [1.807, 2.05) is 0 Å². The summed E-state index contributed by atoms with van der Waals surface area (Å²) in [4.78, 5) is 26.5. The topological polar surface area (TPSA) is 97.3 Å². The van der Waals surface area contributed by atoms with E-state index in [0.29, 0.717) is 0 Å². The van der Waals surface area contributed by atoms with Gasteiger partial charge in [-0.3, -0.25) is 6.29 Å². The van der Waals surface area contributed by atoms with Crippen LogP contribution in [0.3, 0.4) is 0 Å². The van der Waals surface area contributed by atoms with Crippen LogP contribution in [0.5, 0.6) is 0 Å². The zero-order valence-electron chi connectivity index (χ0n) is 7.04. The van der Waals surface area contributed by atoms with E-state index in [9.17, 15) is 0 Å². The van der Waals surface area contributed by atoms with Crippen LogP contribution in [0, 0.1) is 41.7 Å². The molecule has 0 heterocycles. The summed E-state index contributed by atoms with van der Waals surface area (Å²) in [7, 11) is 0. The average molecular weight is 301 g/mol. The molecule has 0 amide bonds. The third kappa shape index (κ3) is 4510000. The fraction of sp³-hybridized carbons (Fsp3) is 0.500. The summed E-state index contributed by atoms with van der Waals surface area (Å²) >= 11 is 0. The number of hydrogen-bond acceptors (Lipinski definition) is 5. The van der Waals surface area contributed by atoms with Crippen molar-refractivity contribution in [1.29, 1.82) is 0 Å². The zero-order valence-corrected chi connectivity index (χ0v) is 10.2. The third-order valence-corrected chi connectivity index (χ3v) is 0. The molecular weight excluding hydrogens is 292 g/mol. The molecule has 5 nitrogen and oxygen atoms in total. The molecular formula is C6H9CeO5. The molecule has 0 N–H and O–H groups in total. The Morgan fingerprint density at radius 3 is 1.08 bits per heavy atom. The van der Waals surface area contributed by atoms with Crippen molar-refractivity contribution in [2.24, 2.45) is 0 Å². The second-order valence-corrected chi connectivity index (χ2v) is 1.19. The molecule has 0 aliphatic rings. The van der Waals surface area contributed by atoms with Crippen LogP contribution in [0.25, 0.3) is 0 Å². The summed E-state index contributed by atoms with van der Waals surface area (Å²) in [5.41, 5.74) is 0. The summed E-state index contributed by atoms with van der Waals surface area (Å²) < 4.78 is 0. The molecule has 0 saturated heterocycles. The molecule has 0 bridgehead atoms. The van der Waals surface area contributed by atoms with E-state index in [-0.39, 0.29) is 41.7 Å². The van der Waals surface area contributed by atoms with Crippen LogP contribution in [-0.2, 0) is 14.4 Å².